The van der Waals surface area contributed by atoms with Crippen molar-refractivity contribution in [1.82, 2.24) is 0 Å². The van der Waals surface area contributed by atoms with Gasteiger partial charge < -0.3 is 27.0 Å². The highest BCUT2D eigenvalue weighted by Crippen LogP contribution is 2.27. The van der Waals surface area contributed by atoms with Crippen molar-refractivity contribution in [3.8, 4) is 0 Å². The summed E-state index contributed by atoms with van der Waals surface area (Å²) in [6, 6.07) is 22.1. The van der Waals surface area contributed by atoms with E-state index in [1.807, 2.05) is 72.8 Å². The lowest BCUT2D eigenvalue weighted by molar-refractivity contribution is -0.119. The molecule has 1 unspecified atom stereocenters. The first kappa shape index (κ1) is 23.5. The molecule has 7 heteroatoms. The van der Waals surface area contributed by atoms with Gasteiger partial charge in [0.15, 0.2) is 0 Å². The maximum Gasteiger partial charge on any atom is 0.251 e. The van der Waals surface area contributed by atoms with Crippen LogP contribution in [-0.2, 0) is 22.7 Å². The van der Waals surface area contributed by atoms with Crippen molar-refractivity contribution >= 4 is 28.9 Å². The van der Waals surface area contributed by atoms with Gasteiger partial charge in [0.25, 0.3) is 5.91 Å². The average Bonchev–Trinajstić information content (AvgIpc) is 2.88. The normalized spacial score (nSPS) is 14.5. The molecule has 1 aliphatic rings. The molecule has 0 aromatic heterocycles. The van der Waals surface area contributed by atoms with Gasteiger partial charge in [-0.3, -0.25) is 9.59 Å². The van der Waals surface area contributed by atoms with Crippen molar-refractivity contribution in [2.75, 3.05) is 22.1 Å². The quantitative estimate of drug-likeness (QED) is 0.410. The molecular formula is C27H31N5O2. The van der Waals surface area contributed by atoms with Gasteiger partial charge in [-0.2, -0.15) is 0 Å². The van der Waals surface area contributed by atoms with E-state index in [1.54, 1.807) is 4.90 Å². The Kier molecular flexibility index (Phi) is 7.57. The van der Waals surface area contributed by atoms with E-state index in [0.717, 1.165) is 47.5 Å². The minimum Gasteiger partial charge on any atom is -0.370 e. The molecule has 1 fully saturated rings. The van der Waals surface area contributed by atoms with E-state index >= 15 is 0 Å². The summed E-state index contributed by atoms with van der Waals surface area (Å²) in [7, 11) is 0. The highest BCUT2D eigenvalue weighted by atomic mass is 16.2. The third-order valence-corrected chi connectivity index (χ3v) is 6.09. The lowest BCUT2D eigenvalue weighted by Gasteiger charge is -2.27. The molecule has 1 heterocycles. The van der Waals surface area contributed by atoms with Crippen molar-refractivity contribution in [2.45, 2.75) is 38.4 Å². The lowest BCUT2D eigenvalue weighted by Crippen LogP contribution is -2.35. The number of carbonyl (C=O) groups excluding carboxylic acids is 2. The van der Waals surface area contributed by atoms with Gasteiger partial charge in [-0.1, -0.05) is 36.4 Å². The molecular weight excluding hydrogens is 426 g/mol. The van der Waals surface area contributed by atoms with E-state index in [0.29, 0.717) is 25.2 Å². The van der Waals surface area contributed by atoms with Gasteiger partial charge in [-0.25, -0.2) is 0 Å². The molecule has 34 heavy (non-hydrogen) atoms. The first-order chi connectivity index (χ1) is 16.6. The Balaban J connectivity index is 1.57. The molecule has 0 saturated carbocycles. The number of nitrogens with zero attached hydrogens (tertiary/aromatic N) is 1. The van der Waals surface area contributed by atoms with E-state index in [-0.39, 0.29) is 11.8 Å². The standard InChI is InChI=1S/C27H31N5O2/c28-17-19-6-5-8-22(16-19)30-26(24-9-2-1-7-20(24)18-29)27(34)31-21-11-13-23(14-12-21)32-15-4-3-10-25(32)33/h1-2,5-9,11-14,16,26,30H,3-4,10,15,17-18,28-29H2,(H,31,34). The van der Waals surface area contributed by atoms with Crippen LogP contribution in [0.3, 0.4) is 0 Å². The van der Waals surface area contributed by atoms with Crippen LogP contribution in [0.25, 0.3) is 0 Å². The number of hydrogen-bond donors (Lipinski definition) is 4. The van der Waals surface area contributed by atoms with Crippen LogP contribution in [-0.4, -0.2) is 18.4 Å². The van der Waals surface area contributed by atoms with Crippen molar-refractivity contribution in [2.24, 2.45) is 11.5 Å². The number of benzene rings is 3. The summed E-state index contributed by atoms with van der Waals surface area (Å²) in [5, 5.41) is 6.37. The van der Waals surface area contributed by atoms with Gasteiger partial charge in [-0.05, 0) is 65.9 Å². The van der Waals surface area contributed by atoms with Crippen LogP contribution >= 0.6 is 0 Å². The summed E-state index contributed by atoms with van der Waals surface area (Å²) in [6.07, 6.45) is 2.53. The van der Waals surface area contributed by atoms with Crippen LogP contribution in [0.15, 0.2) is 72.8 Å². The molecule has 0 bridgehead atoms. The average molecular weight is 458 g/mol. The zero-order chi connectivity index (χ0) is 23.9. The summed E-state index contributed by atoms with van der Waals surface area (Å²) in [6.45, 7) is 1.47. The Morgan fingerprint density at radius 2 is 1.71 bits per heavy atom. The number of anilines is 3. The number of hydrogen-bond acceptors (Lipinski definition) is 5. The molecule has 6 N–H and O–H groups in total. The van der Waals surface area contributed by atoms with Gasteiger partial charge in [0.2, 0.25) is 5.91 Å². The Labute approximate surface area is 200 Å². The molecule has 0 spiro atoms. The topological polar surface area (TPSA) is 113 Å². The highest BCUT2D eigenvalue weighted by Gasteiger charge is 2.24. The van der Waals surface area contributed by atoms with E-state index in [9.17, 15) is 9.59 Å². The molecule has 3 aromatic carbocycles. The summed E-state index contributed by atoms with van der Waals surface area (Å²) in [4.78, 5) is 27.5. The number of nitrogens with two attached hydrogens (primary N) is 2. The fourth-order valence-electron chi connectivity index (χ4n) is 4.26. The first-order valence-corrected chi connectivity index (χ1v) is 11.6. The number of rotatable bonds is 8. The second kappa shape index (κ2) is 11.0. The fraction of sp³-hybridized carbons (Fsp3) is 0.259. The monoisotopic (exact) mass is 457 g/mol. The third kappa shape index (κ3) is 5.44. The summed E-state index contributed by atoms with van der Waals surface area (Å²) >= 11 is 0. The zero-order valence-electron chi connectivity index (χ0n) is 19.2. The van der Waals surface area contributed by atoms with Gasteiger partial charge in [0.1, 0.15) is 6.04 Å². The smallest absolute Gasteiger partial charge is 0.251 e. The Bertz CT molecular complexity index is 1150. The van der Waals surface area contributed by atoms with Gasteiger partial charge in [-0.15, -0.1) is 0 Å². The molecule has 2 amide bonds. The van der Waals surface area contributed by atoms with Gasteiger partial charge in [0.05, 0.1) is 0 Å². The zero-order valence-corrected chi connectivity index (χ0v) is 19.2. The van der Waals surface area contributed by atoms with Crippen LogP contribution in [0.5, 0.6) is 0 Å². The maximum absolute atomic E-state index is 13.5. The molecule has 1 atom stereocenters. The van der Waals surface area contributed by atoms with Crippen molar-refractivity contribution < 1.29 is 9.59 Å². The molecule has 4 rings (SSSR count). The van der Waals surface area contributed by atoms with Gasteiger partial charge >= 0.3 is 0 Å². The first-order valence-electron chi connectivity index (χ1n) is 11.6. The molecule has 3 aromatic rings. The fourth-order valence-corrected chi connectivity index (χ4v) is 4.26. The van der Waals surface area contributed by atoms with Crippen LogP contribution in [0, 0.1) is 0 Å². The Morgan fingerprint density at radius 1 is 0.912 bits per heavy atom. The number of piperidine rings is 1. The van der Waals surface area contributed by atoms with E-state index in [4.69, 9.17) is 11.5 Å². The SMILES string of the molecule is NCc1cccc(NC(C(=O)Nc2ccc(N3CCCCC3=O)cc2)c2ccccc2CN)c1. The lowest BCUT2D eigenvalue weighted by atomic mass is 9.98. The number of amides is 2. The summed E-state index contributed by atoms with van der Waals surface area (Å²) in [5.41, 5.74) is 16.8. The Hall–Kier alpha value is -3.68. The highest BCUT2D eigenvalue weighted by molar-refractivity contribution is 5.98. The van der Waals surface area contributed by atoms with E-state index in [1.165, 1.54) is 0 Å². The molecule has 1 aliphatic heterocycles. The van der Waals surface area contributed by atoms with Crippen molar-refractivity contribution in [1.29, 1.82) is 0 Å². The van der Waals surface area contributed by atoms with Crippen LogP contribution < -0.4 is 27.0 Å². The molecule has 0 aliphatic carbocycles. The number of nitrogens with one attached hydrogen (secondary N) is 2. The molecule has 7 nitrogen and oxygen atoms in total. The Morgan fingerprint density at radius 3 is 2.44 bits per heavy atom. The minimum absolute atomic E-state index is 0.144. The predicted octanol–water partition coefficient (Wildman–Crippen LogP) is 3.91. The van der Waals surface area contributed by atoms with Crippen molar-refractivity contribution in [3.63, 3.8) is 0 Å². The van der Waals surface area contributed by atoms with Crippen LogP contribution in [0.4, 0.5) is 17.1 Å². The number of carbonyl (C=O) groups is 2. The van der Waals surface area contributed by atoms with Crippen LogP contribution in [0.2, 0.25) is 0 Å². The minimum atomic E-state index is -0.656. The van der Waals surface area contributed by atoms with Crippen LogP contribution in [0.1, 0.15) is 42.0 Å². The molecule has 1 saturated heterocycles. The second-order valence-corrected chi connectivity index (χ2v) is 8.42. The largest absolute Gasteiger partial charge is 0.370 e. The van der Waals surface area contributed by atoms with Crippen molar-refractivity contribution in [3.05, 3.63) is 89.5 Å². The maximum atomic E-state index is 13.5. The molecule has 176 valence electrons. The summed E-state index contributed by atoms with van der Waals surface area (Å²) < 4.78 is 0. The van der Waals surface area contributed by atoms with E-state index in [2.05, 4.69) is 10.6 Å². The van der Waals surface area contributed by atoms with E-state index < -0.39 is 6.04 Å². The van der Waals surface area contributed by atoms with Gasteiger partial charge in [0, 0.05) is 43.1 Å². The third-order valence-electron chi connectivity index (χ3n) is 6.09. The predicted molar refractivity (Wildman–Crippen MR) is 136 cm³/mol. The summed E-state index contributed by atoms with van der Waals surface area (Å²) in [5.74, 6) is -0.0637. The molecule has 0 radical (unpaired) electrons. The second-order valence-electron chi connectivity index (χ2n) is 8.42.